The number of methoxy groups -OCH3 is 1. The van der Waals surface area contributed by atoms with E-state index in [-0.39, 0.29) is 12.2 Å². The minimum absolute atomic E-state index is 0.180. The number of aliphatic hydroxyl groups excluding tert-OH is 1. The van der Waals surface area contributed by atoms with Crippen LogP contribution in [0.3, 0.4) is 0 Å². The maximum atomic E-state index is 10.9. The number of likely N-dealkylation sites (tertiary alicyclic amines) is 1. The molecule has 3 atom stereocenters. The third-order valence-corrected chi connectivity index (χ3v) is 6.66. The first kappa shape index (κ1) is 18.6. The second-order valence-corrected chi connectivity index (χ2v) is 8.17. The summed E-state index contributed by atoms with van der Waals surface area (Å²) in [7, 11) is 1.81. The summed E-state index contributed by atoms with van der Waals surface area (Å²) in [6, 6.07) is 0. The molecule has 3 unspecified atom stereocenters. The Morgan fingerprint density at radius 2 is 1.67 bits per heavy atom. The Hall–Kier alpha value is -0.160. The SMILES string of the molecule is COC1CCCCC1C(O)C1CCC(OCCN2CCCC2)CC1. The Labute approximate surface area is 147 Å². The molecule has 1 saturated heterocycles. The molecule has 0 aromatic carbocycles. The van der Waals surface area contributed by atoms with Crippen LogP contribution in [-0.2, 0) is 9.47 Å². The van der Waals surface area contributed by atoms with Crippen LogP contribution >= 0.6 is 0 Å². The molecule has 1 N–H and O–H groups in total. The van der Waals surface area contributed by atoms with Gasteiger partial charge in [-0.15, -0.1) is 0 Å². The molecule has 2 aliphatic carbocycles. The molecule has 0 aromatic rings. The van der Waals surface area contributed by atoms with Gasteiger partial charge in [0.05, 0.1) is 24.9 Å². The van der Waals surface area contributed by atoms with Crippen molar-refractivity contribution in [3.8, 4) is 0 Å². The maximum Gasteiger partial charge on any atom is 0.0624 e. The van der Waals surface area contributed by atoms with E-state index in [9.17, 15) is 5.11 Å². The number of rotatable bonds is 7. The first-order valence-corrected chi connectivity index (χ1v) is 10.3. The van der Waals surface area contributed by atoms with Crippen LogP contribution in [0.5, 0.6) is 0 Å². The van der Waals surface area contributed by atoms with Crippen molar-refractivity contribution in [2.45, 2.75) is 82.5 Å². The number of hydrogen-bond donors (Lipinski definition) is 1. The van der Waals surface area contributed by atoms with Crippen LogP contribution in [-0.4, -0.2) is 61.7 Å². The number of nitrogens with zero attached hydrogens (tertiary/aromatic N) is 1. The van der Waals surface area contributed by atoms with Crippen LogP contribution in [0.15, 0.2) is 0 Å². The van der Waals surface area contributed by atoms with Gasteiger partial charge in [0.1, 0.15) is 0 Å². The standard InChI is InChI=1S/C20H37NO3/c1-23-19-7-3-2-6-18(19)20(22)16-8-10-17(11-9-16)24-15-14-21-12-4-5-13-21/h16-20,22H,2-15H2,1H3. The van der Waals surface area contributed by atoms with Crippen molar-refractivity contribution in [2.75, 3.05) is 33.4 Å². The molecule has 0 amide bonds. The average Bonchev–Trinajstić information content (AvgIpc) is 3.15. The topological polar surface area (TPSA) is 41.9 Å². The van der Waals surface area contributed by atoms with E-state index >= 15 is 0 Å². The highest BCUT2D eigenvalue weighted by Crippen LogP contribution is 2.37. The highest BCUT2D eigenvalue weighted by atomic mass is 16.5. The molecule has 1 heterocycles. The molecule has 2 saturated carbocycles. The van der Waals surface area contributed by atoms with Gasteiger partial charge in [0.2, 0.25) is 0 Å². The van der Waals surface area contributed by atoms with Crippen molar-refractivity contribution in [1.82, 2.24) is 4.90 Å². The van der Waals surface area contributed by atoms with Crippen LogP contribution in [0, 0.1) is 11.8 Å². The Kier molecular flexibility index (Phi) is 7.38. The normalized spacial score (nSPS) is 36.8. The summed E-state index contributed by atoms with van der Waals surface area (Å²) in [5, 5.41) is 10.9. The molecule has 4 heteroatoms. The molecule has 0 radical (unpaired) electrons. The second-order valence-electron chi connectivity index (χ2n) is 8.17. The van der Waals surface area contributed by atoms with Gasteiger partial charge in [0.25, 0.3) is 0 Å². The van der Waals surface area contributed by atoms with Crippen LogP contribution in [0.4, 0.5) is 0 Å². The minimum Gasteiger partial charge on any atom is -0.392 e. The zero-order valence-electron chi connectivity index (χ0n) is 15.5. The lowest BCUT2D eigenvalue weighted by atomic mass is 9.73. The lowest BCUT2D eigenvalue weighted by Gasteiger charge is -2.39. The molecule has 0 spiro atoms. The van der Waals surface area contributed by atoms with Gasteiger partial charge in [0, 0.05) is 19.6 Å². The lowest BCUT2D eigenvalue weighted by Crippen LogP contribution is -2.41. The van der Waals surface area contributed by atoms with E-state index < -0.39 is 0 Å². The second kappa shape index (κ2) is 9.51. The van der Waals surface area contributed by atoms with E-state index in [4.69, 9.17) is 9.47 Å². The van der Waals surface area contributed by atoms with Gasteiger partial charge in [-0.1, -0.05) is 12.8 Å². The van der Waals surface area contributed by atoms with Crippen LogP contribution in [0.25, 0.3) is 0 Å². The summed E-state index contributed by atoms with van der Waals surface area (Å²) in [5.41, 5.74) is 0. The summed E-state index contributed by atoms with van der Waals surface area (Å²) < 4.78 is 11.8. The van der Waals surface area contributed by atoms with Crippen LogP contribution in [0.1, 0.15) is 64.2 Å². The van der Waals surface area contributed by atoms with Gasteiger partial charge in [-0.3, -0.25) is 0 Å². The summed E-state index contributed by atoms with van der Waals surface area (Å²) in [4.78, 5) is 2.52. The fourth-order valence-electron chi connectivity index (χ4n) is 5.11. The largest absolute Gasteiger partial charge is 0.392 e. The summed E-state index contributed by atoms with van der Waals surface area (Å²) in [6.07, 6.45) is 12.4. The van der Waals surface area contributed by atoms with Gasteiger partial charge in [-0.2, -0.15) is 0 Å². The van der Waals surface area contributed by atoms with E-state index in [1.807, 2.05) is 0 Å². The first-order valence-electron chi connectivity index (χ1n) is 10.3. The Morgan fingerprint density at radius 1 is 0.958 bits per heavy atom. The molecule has 3 rings (SSSR count). The van der Waals surface area contributed by atoms with Gasteiger partial charge >= 0.3 is 0 Å². The van der Waals surface area contributed by atoms with Crippen molar-refractivity contribution in [1.29, 1.82) is 0 Å². The first-order chi connectivity index (χ1) is 11.8. The highest BCUT2D eigenvalue weighted by Gasteiger charge is 2.37. The molecule has 140 valence electrons. The number of ether oxygens (including phenoxy) is 2. The van der Waals surface area contributed by atoms with E-state index in [1.54, 1.807) is 7.11 Å². The van der Waals surface area contributed by atoms with E-state index in [0.29, 0.717) is 17.9 Å². The predicted octanol–water partition coefficient (Wildman–Crippen LogP) is 3.22. The minimum atomic E-state index is -0.180. The zero-order chi connectivity index (χ0) is 16.8. The number of hydrogen-bond acceptors (Lipinski definition) is 4. The summed E-state index contributed by atoms with van der Waals surface area (Å²) >= 11 is 0. The van der Waals surface area contributed by atoms with Gasteiger partial charge in [-0.05, 0) is 70.4 Å². The Balaban J connectivity index is 1.36. The average molecular weight is 340 g/mol. The van der Waals surface area contributed by atoms with Gasteiger partial charge in [-0.25, -0.2) is 0 Å². The third-order valence-electron chi connectivity index (χ3n) is 6.66. The van der Waals surface area contributed by atoms with Crippen molar-refractivity contribution in [3.05, 3.63) is 0 Å². The summed E-state index contributed by atoms with van der Waals surface area (Å²) in [6.45, 7) is 4.49. The Morgan fingerprint density at radius 3 is 2.38 bits per heavy atom. The zero-order valence-corrected chi connectivity index (χ0v) is 15.5. The van der Waals surface area contributed by atoms with Crippen molar-refractivity contribution in [3.63, 3.8) is 0 Å². The molecule has 4 nitrogen and oxygen atoms in total. The number of aliphatic hydroxyl groups is 1. The monoisotopic (exact) mass is 339 g/mol. The summed E-state index contributed by atoms with van der Waals surface area (Å²) in [5.74, 6) is 0.797. The van der Waals surface area contributed by atoms with E-state index in [0.717, 1.165) is 51.7 Å². The fourth-order valence-corrected chi connectivity index (χ4v) is 5.11. The van der Waals surface area contributed by atoms with Crippen molar-refractivity contribution in [2.24, 2.45) is 11.8 Å². The van der Waals surface area contributed by atoms with Gasteiger partial charge < -0.3 is 19.5 Å². The molecule has 24 heavy (non-hydrogen) atoms. The van der Waals surface area contributed by atoms with Crippen molar-refractivity contribution < 1.29 is 14.6 Å². The van der Waals surface area contributed by atoms with Gasteiger partial charge in [0.15, 0.2) is 0 Å². The van der Waals surface area contributed by atoms with E-state index in [2.05, 4.69) is 4.90 Å². The molecule has 0 bridgehead atoms. The maximum absolute atomic E-state index is 10.9. The van der Waals surface area contributed by atoms with Crippen LogP contribution in [0.2, 0.25) is 0 Å². The predicted molar refractivity (Wildman–Crippen MR) is 96.1 cm³/mol. The van der Waals surface area contributed by atoms with Crippen LogP contribution < -0.4 is 0 Å². The molecular formula is C20H37NO3. The van der Waals surface area contributed by atoms with E-state index in [1.165, 1.54) is 38.8 Å². The quantitative estimate of drug-likeness (QED) is 0.773. The molecule has 3 fully saturated rings. The molecule has 0 aromatic heterocycles. The van der Waals surface area contributed by atoms with Crippen molar-refractivity contribution >= 4 is 0 Å². The molecule has 3 aliphatic rings. The lowest BCUT2D eigenvalue weighted by molar-refractivity contribution is -0.0742. The third kappa shape index (κ3) is 4.94. The fraction of sp³-hybridized carbons (Fsp3) is 1.00. The highest BCUT2D eigenvalue weighted by molar-refractivity contribution is 4.87. The Bertz CT molecular complexity index is 351. The molecular weight excluding hydrogens is 302 g/mol. The smallest absolute Gasteiger partial charge is 0.0624 e. The molecule has 1 aliphatic heterocycles.